The zero-order valence-corrected chi connectivity index (χ0v) is 14.1. The minimum absolute atomic E-state index is 0.0962. The molecule has 2 unspecified atom stereocenters. The summed E-state index contributed by atoms with van der Waals surface area (Å²) in [6.07, 6.45) is 1.49. The average molecular weight is 339 g/mol. The number of fused-ring (bicyclic) bond motifs is 1. The lowest BCUT2D eigenvalue weighted by atomic mass is 9.99. The second kappa shape index (κ2) is 6.46. The molecule has 0 saturated carbocycles. The van der Waals surface area contributed by atoms with Crippen LogP contribution in [0.3, 0.4) is 0 Å². The van der Waals surface area contributed by atoms with Crippen LogP contribution < -0.4 is 4.90 Å². The van der Waals surface area contributed by atoms with Crippen molar-refractivity contribution in [3.05, 3.63) is 42.0 Å². The molecule has 130 valence electrons. The number of aromatic nitrogens is 2. The summed E-state index contributed by atoms with van der Waals surface area (Å²) < 4.78 is 4.96. The molecule has 6 heteroatoms. The molecule has 2 aromatic carbocycles. The highest BCUT2D eigenvalue weighted by Crippen LogP contribution is 2.35. The second-order valence-corrected chi connectivity index (χ2v) is 6.60. The van der Waals surface area contributed by atoms with Gasteiger partial charge in [0.25, 0.3) is 0 Å². The van der Waals surface area contributed by atoms with Crippen molar-refractivity contribution in [2.24, 2.45) is 0 Å². The predicted octanol–water partition coefficient (Wildman–Crippen LogP) is 2.90. The number of rotatable bonds is 4. The van der Waals surface area contributed by atoms with Crippen molar-refractivity contribution in [3.8, 4) is 11.1 Å². The Morgan fingerprint density at radius 1 is 1.24 bits per heavy atom. The molecule has 2 N–H and O–H groups in total. The van der Waals surface area contributed by atoms with Crippen LogP contribution in [0.15, 0.2) is 41.0 Å². The van der Waals surface area contributed by atoms with Gasteiger partial charge in [-0.15, -0.1) is 0 Å². The van der Waals surface area contributed by atoms with E-state index in [0.29, 0.717) is 5.52 Å². The molecule has 4 rings (SSSR count). The molecule has 0 bridgehead atoms. The maximum atomic E-state index is 9.85. The summed E-state index contributed by atoms with van der Waals surface area (Å²) in [5.74, 6) is 0. The Hall–Kier alpha value is -2.44. The van der Waals surface area contributed by atoms with Crippen LogP contribution >= 0.6 is 0 Å². The van der Waals surface area contributed by atoms with Crippen LogP contribution in [0.25, 0.3) is 22.2 Å². The fraction of sp³-hybridized carbons (Fsp3) is 0.368. The van der Waals surface area contributed by atoms with Gasteiger partial charge in [-0.1, -0.05) is 18.2 Å². The highest BCUT2D eigenvalue weighted by molar-refractivity contribution is 5.93. The molecular formula is C19H21N3O3. The lowest BCUT2D eigenvalue weighted by Crippen LogP contribution is -2.32. The average Bonchev–Trinajstić information content (AvgIpc) is 3.29. The Morgan fingerprint density at radius 3 is 2.92 bits per heavy atom. The molecule has 1 saturated heterocycles. The van der Waals surface area contributed by atoms with Gasteiger partial charge in [-0.05, 0) is 65.0 Å². The number of hydrogen-bond acceptors (Lipinski definition) is 6. The second-order valence-electron chi connectivity index (χ2n) is 6.60. The highest BCUT2D eigenvalue weighted by Gasteiger charge is 2.27. The summed E-state index contributed by atoms with van der Waals surface area (Å²) in [6.45, 7) is 2.75. The summed E-state index contributed by atoms with van der Waals surface area (Å²) in [5, 5.41) is 27.6. The van der Waals surface area contributed by atoms with Crippen LogP contribution in [-0.4, -0.2) is 39.7 Å². The van der Waals surface area contributed by atoms with E-state index in [-0.39, 0.29) is 12.6 Å². The quantitative estimate of drug-likeness (QED) is 0.760. The van der Waals surface area contributed by atoms with Crippen LogP contribution in [-0.2, 0) is 0 Å². The fourth-order valence-electron chi connectivity index (χ4n) is 3.58. The largest absolute Gasteiger partial charge is 0.394 e. The predicted molar refractivity (Wildman–Crippen MR) is 95.3 cm³/mol. The van der Waals surface area contributed by atoms with E-state index in [1.165, 1.54) is 0 Å². The van der Waals surface area contributed by atoms with Gasteiger partial charge in [-0.3, -0.25) is 0 Å². The zero-order valence-electron chi connectivity index (χ0n) is 14.1. The monoisotopic (exact) mass is 339 g/mol. The topological polar surface area (TPSA) is 82.6 Å². The van der Waals surface area contributed by atoms with Crippen molar-refractivity contribution in [3.63, 3.8) is 0 Å². The third kappa shape index (κ3) is 2.88. The number of benzene rings is 2. The number of anilines is 1. The Labute approximate surface area is 145 Å². The number of nitrogens with zero attached hydrogens (tertiary/aromatic N) is 3. The van der Waals surface area contributed by atoms with E-state index in [1.54, 1.807) is 6.92 Å². The summed E-state index contributed by atoms with van der Waals surface area (Å²) >= 11 is 0. The van der Waals surface area contributed by atoms with Crippen LogP contribution in [0.5, 0.6) is 0 Å². The van der Waals surface area contributed by atoms with Gasteiger partial charge in [0.05, 0.1) is 24.4 Å². The highest BCUT2D eigenvalue weighted by atomic mass is 16.6. The van der Waals surface area contributed by atoms with Crippen LogP contribution in [0.2, 0.25) is 0 Å². The third-order valence-electron chi connectivity index (χ3n) is 4.94. The summed E-state index contributed by atoms with van der Waals surface area (Å²) in [4.78, 5) is 2.19. The van der Waals surface area contributed by atoms with E-state index in [4.69, 9.17) is 4.63 Å². The summed E-state index contributed by atoms with van der Waals surface area (Å²) in [5.41, 5.74) is 5.21. The van der Waals surface area contributed by atoms with E-state index in [9.17, 15) is 10.2 Å². The van der Waals surface area contributed by atoms with E-state index in [1.807, 2.05) is 30.3 Å². The van der Waals surface area contributed by atoms with Crippen molar-refractivity contribution in [2.45, 2.75) is 31.9 Å². The van der Waals surface area contributed by atoms with Crippen LogP contribution in [0, 0.1) is 0 Å². The third-order valence-corrected chi connectivity index (χ3v) is 4.94. The Bertz CT molecular complexity index is 891. The molecule has 1 aliphatic rings. The first-order valence-corrected chi connectivity index (χ1v) is 8.59. The van der Waals surface area contributed by atoms with E-state index >= 15 is 0 Å². The minimum Gasteiger partial charge on any atom is -0.394 e. The molecule has 1 fully saturated rings. The van der Waals surface area contributed by atoms with Gasteiger partial charge in [-0.2, -0.15) is 0 Å². The van der Waals surface area contributed by atoms with Gasteiger partial charge in [0.1, 0.15) is 5.52 Å². The molecule has 1 aliphatic heterocycles. The van der Waals surface area contributed by atoms with E-state index in [2.05, 4.69) is 21.3 Å². The van der Waals surface area contributed by atoms with Crippen molar-refractivity contribution in [2.75, 3.05) is 18.1 Å². The molecule has 0 radical (unpaired) electrons. The van der Waals surface area contributed by atoms with Gasteiger partial charge < -0.3 is 15.1 Å². The van der Waals surface area contributed by atoms with Gasteiger partial charge >= 0.3 is 0 Å². The Kier molecular flexibility index (Phi) is 4.15. The van der Waals surface area contributed by atoms with Crippen molar-refractivity contribution in [1.29, 1.82) is 0 Å². The first-order valence-electron chi connectivity index (χ1n) is 8.59. The van der Waals surface area contributed by atoms with Gasteiger partial charge in [0.2, 0.25) is 0 Å². The number of aliphatic hydroxyl groups is 2. The normalized spacial score (nSPS) is 18.8. The van der Waals surface area contributed by atoms with Crippen molar-refractivity contribution < 1.29 is 14.8 Å². The van der Waals surface area contributed by atoms with Gasteiger partial charge in [0.15, 0.2) is 5.52 Å². The lowest BCUT2D eigenvalue weighted by Gasteiger charge is -2.25. The molecule has 0 spiro atoms. The van der Waals surface area contributed by atoms with Crippen LogP contribution in [0.4, 0.5) is 5.69 Å². The molecule has 0 aliphatic carbocycles. The maximum Gasteiger partial charge on any atom is 0.158 e. The number of aliphatic hydroxyl groups excluding tert-OH is 2. The fourth-order valence-corrected chi connectivity index (χ4v) is 3.58. The van der Waals surface area contributed by atoms with Crippen molar-refractivity contribution in [1.82, 2.24) is 10.3 Å². The molecule has 25 heavy (non-hydrogen) atoms. The van der Waals surface area contributed by atoms with Gasteiger partial charge in [-0.25, -0.2) is 4.63 Å². The van der Waals surface area contributed by atoms with E-state index in [0.717, 1.165) is 47.3 Å². The van der Waals surface area contributed by atoms with Crippen LogP contribution in [0.1, 0.15) is 31.4 Å². The Morgan fingerprint density at radius 2 is 2.12 bits per heavy atom. The SMILES string of the molecule is CC(O)c1cccc(-c2cc(N3CCCC3CO)c3nonc3c2)c1. The first kappa shape index (κ1) is 16.1. The molecule has 1 aromatic heterocycles. The molecule has 0 amide bonds. The lowest BCUT2D eigenvalue weighted by molar-refractivity contribution is 0.199. The zero-order chi connectivity index (χ0) is 17.4. The smallest absolute Gasteiger partial charge is 0.158 e. The molecule has 2 heterocycles. The Balaban J connectivity index is 1.85. The van der Waals surface area contributed by atoms with E-state index < -0.39 is 6.10 Å². The number of hydrogen-bond donors (Lipinski definition) is 2. The maximum absolute atomic E-state index is 9.85. The standard InChI is InChI=1S/C19H21N3O3/c1-12(24)13-4-2-5-14(8-13)15-9-17-19(21-25-20-17)18(10-15)22-7-3-6-16(22)11-23/h2,4-5,8-10,12,16,23-24H,3,6-7,11H2,1H3. The summed E-state index contributed by atoms with van der Waals surface area (Å²) in [7, 11) is 0. The molecule has 3 aromatic rings. The van der Waals surface area contributed by atoms with Gasteiger partial charge in [0, 0.05) is 6.54 Å². The molecular weight excluding hydrogens is 318 g/mol. The first-order chi connectivity index (χ1) is 12.2. The minimum atomic E-state index is -0.519. The van der Waals surface area contributed by atoms with Crippen molar-refractivity contribution >= 4 is 16.7 Å². The summed E-state index contributed by atoms with van der Waals surface area (Å²) in [6, 6.07) is 12.0. The molecule has 2 atom stereocenters. The molecule has 6 nitrogen and oxygen atoms in total.